The lowest BCUT2D eigenvalue weighted by Gasteiger charge is -2.51. The highest BCUT2D eigenvalue weighted by Gasteiger charge is 2.51. The third kappa shape index (κ3) is 1.39. The third-order valence-corrected chi connectivity index (χ3v) is 3.31. The molecule has 2 fully saturated rings. The van der Waals surface area contributed by atoms with E-state index in [9.17, 15) is 0 Å². The van der Waals surface area contributed by atoms with Crippen LogP contribution in [0.2, 0.25) is 0 Å². The first kappa shape index (κ1) is 9.44. The summed E-state index contributed by atoms with van der Waals surface area (Å²) in [7, 11) is 1.78. The van der Waals surface area contributed by atoms with Crippen LogP contribution >= 0.6 is 0 Å². The summed E-state index contributed by atoms with van der Waals surface area (Å²) in [5.74, 6) is 0. The van der Waals surface area contributed by atoms with Gasteiger partial charge in [-0.2, -0.15) is 0 Å². The van der Waals surface area contributed by atoms with Crippen molar-refractivity contribution in [3.8, 4) is 0 Å². The van der Waals surface area contributed by atoms with E-state index in [1.807, 2.05) is 0 Å². The number of rotatable bonds is 2. The molecule has 2 saturated heterocycles. The van der Waals surface area contributed by atoms with Crippen LogP contribution in [0.15, 0.2) is 0 Å². The standard InChI is InChI=1S/C10H18O3/c1-3-8-9(11-2)10(4-5-13-8)6-12-7-10/h8-9H,3-7H2,1-2H3. The van der Waals surface area contributed by atoms with Crippen molar-refractivity contribution in [2.75, 3.05) is 26.9 Å². The van der Waals surface area contributed by atoms with Crippen molar-refractivity contribution in [2.45, 2.75) is 32.0 Å². The molecule has 3 nitrogen and oxygen atoms in total. The van der Waals surface area contributed by atoms with E-state index in [1.165, 1.54) is 0 Å². The Morgan fingerprint density at radius 2 is 2.23 bits per heavy atom. The van der Waals surface area contributed by atoms with E-state index in [-0.39, 0.29) is 17.6 Å². The average Bonchev–Trinajstić information content (AvgIpc) is 2.13. The summed E-state index contributed by atoms with van der Waals surface area (Å²) in [6.45, 7) is 4.72. The monoisotopic (exact) mass is 186 g/mol. The van der Waals surface area contributed by atoms with Gasteiger partial charge in [-0.3, -0.25) is 0 Å². The van der Waals surface area contributed by atoms with Crippen LogP contribution in [0.5, 0.6) is 0 Å². The van der Waals surface area contributed by atoms with Gasteiger partial charge in [0.2, 0.25) is 0 Å². The predicted octanol–water partition coefficient (Wildman–Crippen LogP) is 1.22. The summed E-state index contributed by atoms with van der Waals surface area (Å²) in [6, 6.07) is 0. The first-order valence-corrected chi connectivity index (χ1v) is 5.04. The first-order valence-electron chi connectivity index (χ1n) is 5.04. The lowest BCUT2D eigenvalue weighted by atomic mass is 9.73. The fourth-order valence-electron chi connectivity index (χ4n) is 2.44. The summed E-state index contributed by atoms with van der Waals surface area (Å²) in [6.07, 6.45) is 2.62. The van der Waals surface area contributed by atoms with Gasteiger partial charge in [0, 0.05) is 19.1 Å². The SMILES string of the molecule is CCC1OCCC2(COC2)C1OC. The normalized spacial score (nSPS) is 37.4. The van der Waals surface area contributed by atoms with Gasteiger partial charge in [-0.15, -0.1) is 0 Å². The molecule has 2 aliphatic rings. The zero-order valence-electron chi connectivity index (χ0n) is 8.41. The average molecular weight is 186 g/mol. The lowest BCUT2D eigenvalue weighted by molar-refractivity contribution is -0.248. The van der Waals surface area contributed by atoms with Crippen LogP contribution in [0.3, 0.4) is 0 Å². The van der Waals surface area contributed by atoms with Gasteiger partial charge in [0.15, 0.2) is 0 Å². The Hall–Kier alpha value is -0.120. The van der Waals surface area contributed by atoms with E-state index in [0.29, 0.717) is 0 Å². The Balaban J connectivity index is 2.08. The van der Waals surface area contributed by atoms with Crippen LogP contribution in [0.4, 0.5) is 0 Å². The summed E-state index contributed by atoms with van der Waals surface area (Å²) < 4.78 is 16.5. The minimum Gasteiger partial charge on any atom is -0.380 e. The second-order valence-corrected chi connectivity index (χ2v) is 4.08. The molecule has 0 saturated carbocycles. The Kier molecular flexibility index (Phi) is 2.58. The number of methoxy groups -OCH3 is 1. The Morgan fingerprint density at radius 3 is 2.69 bits per heavy atom. The number of ether oxygens (including phenoxy) is 3. The minimum atomic E-state index is 0.236. The smallest absolute Gasteiger partial charge is 0.0933 e. The van der Waals surface area contributed by atoms with E-state index < -0.39 is 0 Å². The quantitative estimate of drug-likeness (QED) is 0.649. The summed E-state index contributed by atoms with van der Waals surface area (Å²) >= 11 is 0. The summed E-state index contributed by atoms with van der Waals surface area (Å²) in [4.78, 5) is 0. The lowest BCUT2D eigenvalue weighted by Crippen LogP contribution is -2.60. The highest BCUT2D eigenvalue weighted by molar-refractivity contribution is 4.98. The van der Waals surface area contributed by atoms with Crippen LogP contribution < -0.4 is 0 Å². The Bertz CT molecular complexity index is 177. The van der Waals surface area contributed by atoms with Crippen LogP contribution in [-0.4, -0.2) is 39.1 Å². The third-order valence-electron chi connectivity index (χ3n) is 3.31. The molecular formula is C10H18O3. The second-order valence-electron chi connectivity index (χ2n) is 4.08. The Morgan fingerprint density at radius 1 is 1.46 bits per heavy atom. The molecule has 2 atom stereocenters. The van der Waals surface area contributed by atoms with Gasteiger partial charge in [0.1, 0.15) is 0 Å². The van der Waals surface area contributed by atoms with Crippen LogP contribution in [0.1, 0.15) is 19.8 Å². The van der Waals surface area contributed by atoms with E-state index in [0.717, 1.165) is 32.7 Å². The summed E-state index contributed by atoms with van der Waals surface area (Å²) in [5.41, 5.74) is 0.272. The molecule has 1 spiro atoms. The van der Waals surface area contributed by atoms with Crippen molar-refractivity contribution in [1.82, 2.24) is 0 Å². The molecule has 0 aromatic carbocycles. The van der Waals surface area contributed by atoms with Crippen molar-refractivity contribution in [2.24, 2.45) is 5.41 Å². The Labute approximate surface area is 79.4 Å². The van der Waals surface area contributed by atoms with E-state index in [2.05, 4.69) is 6.92 Å². The zero-order chi connectivity index (χ0) is 9.31. The molecule has 0 amide bonds. The molecule has 2 unspecified atom stereocenters. The van der Waals surface area contributed by atoms with E-state index >= 15 is 0 Å². The molecule has 76 valence electrons. The van der Waals surface area contributed by atoms with E-state index in [4.69, 9.17) is 14.2 Å². The van der Waals surface area contributed by atoms with Gasteiger partial charge in [0.25, 0.3) is 0 Å². The zero-order valence-corrected chi connectivity index (χ0v) is 8.41. The molecule has 2 heterocycles. The van der Waals surface area contributed by atoms with Crippen LogP contribution in [0, 0.1) is 5.41 Å². The van der Waals surface area contributed by atoms with E-state index in [1.54, 1.807) is 7.11 Å². The van der Waals surface area contributed by atoms with Crippen molar-refractivity contribution in [1.29, 1.82) is 0 Å². The van der Waals surface area contributed by atoms with Gasteiger partial charge in [-0.25, -0.2) is 0 Å². The highest BCUT2D eigenvalue weighted by Crippen LogP contribution is 2.42. The fraction of sp³-hybridized carbons (Fsp3) is 1.00. The van der Waals surface area contributed by atoms with Crippen molar-refractivity contribution >= 4 is 0 Å². The molecule has 3 heteroatoms. The van der Waals surface area contributed by atoms with Crippen molar-refractivity contribution < 1.29 is 14.2 Å². The molecule has 2 aliphatic heterocycles. The van der Waals surface area contributed by atoms with Crippen LogP contribution in [-0.2, 0) is 14.2 Å². The molecule has 13 heavy (non-hydrogen) atoms. The minimum absolute atomic E-state index is 0.236. The number of hydrogen-bond acceptors (Lipinski definition) is 3. The molecule has 0 radical (unpaired) electrons. The molecule has 0 aromatic heterocycles. The number of hydrogen-bond donors (Lipinski definition) is 0. The van der Waals surface area contributed by atoms with Gasteiger partial charge in [-0.05, 0) is 12.8 Å². The predicted molar refractivity (Wildman–Crippen MR) is 48.7 cm³/mol. The van der Waals surface area contributed by atoms with Gasteiger partial charge >= 0.3 is 0 Å². The second kappa shape index (κ2) is 3.56. The molecule has 0 aromatic rings. The molecule has 2 rings (SSSR count). The molecule has 0 bridgehead atoms. The fourth-order valence-corrected chi connectivity index (χ4v) is 2.44. The largest absolute Gasteiger partial charge is 0.380 e. The highest BCUT2D eigenvalue weighted by atomic mass is 16.6. The molecule has 0 aliphatic carbocycles. The molecular weight excluding hydrogens is 168 g/mol. The molecule has 0 N–H and O–H groups in total. The topological polar surface area (TPSA) is 27.7 Å². The first-order chi connectivity index (χ1) is 6.32. The van der Waals surface area contributed by atoms with Gasteiger partial charge in [-0.1, -0.05) is 6.92 Å². The van der Waals surface area contributed by atoms with Gasteiger partial charge < -0.3 is 14.2 Å². The summed E-state index contributed by atoms with van der Waals surface area (Å²) in [5, 5.41) is 0. The maximum absolute atomic E-state index is 5.68. The maximum atomic E-state index is 5.68. The van der Waals surface area contributed by atoms with Crippen LogP contribution in [0.25, 0.3) is 0 Å². The maximum Gasteiger partial charge on any atom is 0.0933 e. The van der Waals surface area contributed by atoms with Crippen molar-refractivity contribution in [3.05, 3.63) is 0 Å². The van der Waals surface area contributed by atoms with Gasteiger partial charge in [0.05, 0.1) is 25.4 Å². The van der Waals surface area contributed by atoms with Crippen molar-refractivity contribution in [3.63, 3.8) is 0 Å².